The maximum Gasteiger partial charge on any atom is 0.573 e. The molecule has 0 saturated heterocycles. The van der Waals surface area contributed by atoms with Gasteiger partial charge in [-0.15, -0.1) is 13.2 Å². The summed E-state index contributed by atoms with van der Waals surface area (Å²) in [6.45, 7) is 1.39. The summed E-state index contributed by atoms with van der Waals surface area (Å²) in [6.07, 6.45) is -1.16. The highest BCUT2D eigenvalue weighted by atomic mass is 19.4. The van der Waals surface area contributed by atoms with Crippen molar-refractivity contribution in [3.63, 3.8) is 0 Å². The van der Waals surface area contributed by atoms with Gasteiger partial charge in [-0.2, -0.15) is 0 Å². The number of hydrogen-bond donors (Lipinski definition) is 1. The van der Waals surface area contributed by atoms with Crippen molar-refractivity contribution in [1.82, 2.24) is 4.90 Å². The van der Waals surface area contributed by atoms with Gasteiger partial charge >= 0.3 is 6.36 Å². The van der Waals surface area contributed by atoms with Crippen LogP contribution in [0, 0.1) is 5.92 Å². The molecule has 1 aromatic rings. The van der Waals surface area contributed by atoms with Crippen LogP contribution in [0.15, 0.2) is 24.3 Å². The fraction of sp³-hybridized carbons (Fsp3) is 0.600. The molecular weight excluding hydrogens is 281 g/mol. The summed E-state index contributed by atoms with van der Waals surface area (Å²) in [5, 5.41) is 0. The molecule has 0 amide bonds. The maximum absolute atomic E-state index is 12.1. The minimum Gasteiger partial charge on any atom is -0.406 e. The number of halogens is 3. The Morgan fingerprint density at radius 1 is 1.24 bits per heavy atom. The summed E-state index contributed by atoms with van der Waals surface area (Å²) in [5.74, 6) is 0.331. The van der Waals surface area contributed by atoms with Crippen LogP contribution < -0.4 is 10.5 Å². The van der Waals surface area contributed by atoms with Crippen molar-refractivity contribution in [1.29, 1.82) is 0 Å². The van der Waals surface area contributed by atoms with E-state index in [9.17, 15) is 13.2 Å². The van der Waals surface area contributed by atoms with E-state index in [1.807, 2.05) is 7.05 Å². The SMILES string of the molecule is CN(Cc1ccc(OC(F)(F)F)cc1)C1CCCC1CN. The molecule has 0 spiro atoms. The summed E-state index contributed by atoms with van der Waals surface area (Å²) in [7, 11) is 2.04. The van der Waals surface area contributed by atoms with Crippen molar-refractivity contribution in [2.24, 2.45) is 11.7 Å². The lowest BCUT2D eigenvalue weighted by atomic mass is 10.0. The summed E-state index contributed by atoms with van der Waals surface area (Å²) in [6, 6.07) is 6.51. The third-order valence-corrected chi connectivity index (χ3v) is 4.08. The second kappa shape index (κ2) is 6.66. The molecule has 0 radical (unpaired) electrons. The topological polar surface area (TPSA) is 38.5 Å². The molecule has 1 saturated carbocycles. The third kappa shape index (κ3) is 4.61. The Morgan fingerprint density at radius 2 is 1.90 bits per heavy atom. The first-order valence-corrected chi connectivity index (χ1v) is 7.14. The third-order valence-electron chi connectivity index (χ3n) is 4.08. The highest BCUT2D eigenvalue weighted by Crippen LogP contribution is 2.29. The smallest absolute Gasteiger partial charge is 0.406 e. The molecule has 21 heavy (non-hydrogen) atoms. The molecule has 1 fully saturated rings. The average Bonchev–Trinajstić information content (AvgIpc) is 2.87. The van der Waals surface area contributed by atoms with Crippen LogP contribution in [-0.2, 0) is 6.54 Å². The highest BCUT2D eigenvalue weighted by Gasteiger charge is 2.31. The Morgan fingerprint density at radius 3 is 2.48 bits per heavy atom. The zero-order valence-electron chi connectivity index (χ0n) is 12.1. The van der Waals surface area contributed by atoms with E-state index < -0.39 is 6.36 Å². The van der Waals surface area contributed by atoms with E-state index >= 15 is 0 Å². The first kappa shape index (κ1) is 16.1. The molecule has 0 aromatic heterocycles. The van der Waals surface area contributed by atoms with Crippen LogP contribution in [-0.4, -0.2) is 30.9 Å². The zero-order valence-corrected chi connectivity index (χ0v) is 12.1. The first-order valence-electron chi connectivity index (χ1n) is 7.14. The van der Waals surface area contributed by atoms with Gasteiger partial charge in [-0.3, -0.25) is 4.90 Å². The Labute approximate surface area is 122 Å². The number of rotatable bonds is 5. The molecule has 1 aromatic carbocycles. The molecule has 0 heterocycles. The van der Waals surface area contributed by atoms with Crippen molar-refractivity contribution in [3.8, 4) is 5.75 Å². The van der Waals surface area contributed by atoms with Gasteiger partial charge in [0.25, 0.3) is 0 Å². The van der Waals surface area contributed by atoms with Crippen LogP contribution in [0.25, 0.3) is 0 Å². The number of nitrogens with zero attached hydrogens (tertiary/aromatic N) is 1. The van der Waals surface area contributed by atoms with Gasteiger partial charge in [-0.25, -0.2) is 0 Å². The molecule has 2 unspecified atom stereocenters. The number of nitrogens with two attached hydrogens (primary N) is 1. The molecule has 2 atom stereocenters. The zero-order chi connectivity index (χ0) is 15.5. The summed E-state index contributed by atoms with van der Waals surface area (Å²) in [4.78, 5) is 2.24. The molecular formula is C15H21F3N2O. The number of ether oxygens (including phenoxy) is 1. The molecule has 118 valence electrons. The van der Waals surface area contributed by atoms with Crippen molar-refractivity contribution < 1.29 is 17.9 Å². The fourth-order valence-electron chi connectivity index (χ4n) is 3.07. The van der Waals surface area contributed by atoms with Gasteiger partial charge in [0.05, 0.1) is 0 Å². The fourth-order valence-corrected chi connectivity index (χ4v) is 3.07. The molecule has 6 heteroatoms. The standard InChI is InChI=1S/C15H21F3N2O/c1-20(14-4-2-3-12(14)9-19)10-11-5-7-13(8-6-11)21-15(16,17)18/h5-8,12,14H,2-4,9-10,19H2,1H3. The number of benzene rings is 1. The van der Waals surface area contributed by atoms with Crippen LogP contribution in [0.4, 0.5) is 13.2 Å². The second-order valence-electron chi connectivity index (χ2n) is 5.60. The van der Waals surface area contributed by atoms with E-state index in [-0.39, 0.29) is 5.75 Å². The monoisotopic (exact) mass is 302 g/mol. The quantitative estimate of drug-likeness (QED) is 0.908. The summed E-state index contributed by atoms with van der Waals surface area (Å²) < 4.78 is 40.2. The Kier molecular flexibility index (Phi) is 5.11. The Balaban J connectivity index is 1.93. The van der Waals surface area contributed by atoms with Gasteiger partial charge in [-0.05, 0) is 50.0 Å². The van der Waals surface area contributed by atoms with Crippen LogP contribution >= 0.6 is 0 Å². The van der Waals surface area contributed by atoms with Crippen LogP contribution in [0.3, 0.4) is 0 Å². The lowest BCUT2D eigenvalue weighted by Gasteiger charge is -2.29. The van der Waals surface area contributed by atoms with Crippen LogP contribution in [0.2, 0.25) is 0 Å². The van der Waals surface area contributed by atoms with Gasteiger partial charge in [0, 0.05) is 12.6 Å². The number of hydrogen-bond acceptors (Lipinski definition) is 3. The lowest BCUT2D eigenvalue weighted by Crippen LogP contribution is -2.37. The molecule has 3 nitrogen and oxygen atoms in total. The summed E-state index contributed by atoms with van der Waals surface area (Å²) >= 11 is 0. The van der Waals surface area contributed by atoms with Gasteiger partial charge < -0.3 is 10.5 Å². The minimum atomic E-state index is -4.64. The van der Waals surface area contributed by atoms with E-state index in [1.165, 1.54) is 18.6 Å². The molecule has 0 bridgehead atoms. The maximum atomic E-state index is 12.1. The molecule has 2 N–H and O–H groups in total. The summed E-state index contributed by atoms with van der Waals surface area (Å²) in [5.41, 5.74) is 6.75. The van der Waals surface area contributed by atoms with Gasteiger partial charge in [0.2, 0.25) is 0 Å². The van der Waals surface area contributed by atoms with Crippen molar-refractivity contribution in [2.45, 2.75) is 38.2 Å². The Bertz CT molecular complexity index is 447. The average molecular weight is 302 g/mol. The predicted molar refractivity (Wildman–Crippen MR) is 74.8 cm³/mol. The van der Waals surface area contributed by atoms with Crippen molar-refractivity contribution in [3.05, 3.63) is 29.8 Å². The molecule has 1 aliphatic carbocycles. The Hall–Kier alpha value is -1.27. The van der Waals surface area contributed by atoms with Crippen molar-refractivity contribution >= 4 is 0 Å². The normalized spacial score (nSPS) is 22.8. The van der Waals surface area contributed by atoms with E-state index in [1.54, 1.807) is 12.1 Å². The van der Waals surface area contributed by atoms with Gasteiger partial charge in [0.1, 0.15) is 5.75 Å². The van der Waals surface area contributed by atoms with E-state index in [4.69, 9.17) is 5.73 Å². The van der Waals surface area contributed by atoms with Crippen LogP contribution in [0.5, 0.6) is 5.75 Å². The van der Waals surface area contributed by atoms with Crippen LogP contribution in [0.1, 0.15) is 24.8 Å². The largest absolute Gasteiger partial charge is 0.573 e. The van der Waals surface area contributed by atoms with Crippen molar-refractivity contribution in [2.75, 3.05) is 13.6 Å². The van der Waals surface area contributed by atoms with E-state index in [0.717, 1.165) is 18.4 Å². The lowest BCUT2D eigenvalue weighted by molar-refractivity contribution is -0.274. The van der Waals surface area contributed by atoms with Gasteiger partial charge in [0.15, 0.2) is 0 Å². The van der Waals surface area contributed by atoms with Gasteiger partial charge in [-0.1, -0.05) is 18.6 Å². The minimum absolute atomic E-state index is 0.186. The molecule has 1 aliphatic rings. The molecule has 0 aliphatic heterocycles. The highest BCUT2D eigenvalue weighted by molar-refractivity contribution is 5.27. The van der Waals surface area contributed by atoms with E-state index in [0.29, 0.717) is 25.0 Å². The number of alkyl halides is 3. The molecule has 2 rings (SSSR count). The first-order chi connectivity index (χ1) is 9.89. The second-order valence-corrected chi connectivity index (χ2v) is 5.60. The van der Waals surface area contributed by atoms with E-state index in [2.05, 4.69) is 9.64 Å². The predicted octanol–water partition coefficient (Wildman–Crippen LogP) is 3.14.